The summed E-state index contributed by atoms with van der Waals surface area (Å²) in [7, 11) is 0. The normalized spacial score (nSPS) is 18.5. The first-order valence-corrected chi connectivity index (χ1v) is 11.6. The number of amides is 2. The Morgan fingerprint density at radius 1 is 1.11 bits per heavy atom. The van der Waals surface area contributed by atoms with Gasteiger partial charge < -0.3 is 20.2 Å². The summed E-state index contributed by atoms with van der Waals surface area (Å²) in [6, 6.07) is 12.0. The third-order valence-electron chi connectivity index (χ3n) is 6.12. The number of H-pyrrole nitrogens is 1. The zero-order valence-corrected chi connectivity index (χ0v) is 19.4. The summed E-state index contributed by atoms with van der Waals surface area (Å²) < 4.78 is 24.2. The number of nitrogens with one attached hydrogen (secondary N) is 1. The standard InChI is InChI=1S/C26H23ClFN3O4/c27-16-3-10-22-21(13-16)20-11-12-31(26(33)35-19-8-4-17(28)5-9-19)25(24(20)30-22)15-1-6-18(7-2-15)34-14-23(29)32/h1-2,4-10,13,16,25,30H,3,11-12,14H2,(H2,29,32). The molecule has 2 aromatic carbocycles. The van der Waals surface area contributed by atoms with Gasteiger partial charge in [0, 0.05) is 22.8 Å². The van der Waals surface area contributed by atoms with E-state index < -0.39 is 23.9 Å². The fourth-order valence-electron chi connectivity index (χ4n) is 4.55. The van der Waals surface area contributed by atoms with Crippen molar-refractivity contribution in [3.05, 3.63) is 81.7 Å². The maximum absolute atomic E-state index is 13.3. The second-order valence-electron chi connectivity index (χ2n) is 8.46. The van der Waals surface area contributed by atoms with E-state index >= 15 is 0 Å². The third-order valence-corrected chi connectivity index (χ3v) is 6.43. The van der Waals surface area contributed by atoms with Gasteiger partial charge in [0.25, 0.3) is 5.91 Å². The van der Waals surface area contributed by atoms with Crippen LogP contribution in [-0.2, 0) is 11.2 Å². The number of hydrogen-bond acceptors (Lipinski definition) is 4. The molecule has 0 radical (unpaired) electrons. The van der Waals surface area contributed by atoms with Crippen LogP contribution < -0.4 is 25.8 Å². The second kappa shape index (κ2) is 9.46. The van der Waals surface area contributed by atoms with Crippen LogP contribution in [0.4, 0.5) is 9.18 Å². The number of halogens is 2. The number of benzene rings is 2. The van der Waals surface area contributed by atoms with Gasteiger partial charge in [-0.25, -0.2) is 9.18 Å². The number of rotatable bonds is 5. The maximum Gasteiger partial charge on any atom is 0.416 e. The summed E-state index contributed by atoms with van der Waals surface area (Å²) in [4.78, 5) is 29.4. The fourth-order valence-corrected chi connectivity index (χ4v) is 4.77. The number of carbonyl (C=O) groups excluding carboxylic acids is 2. The minimum absolute atomic E-state index is 0.0796. The summed E-state index contributed by atoms with van der Waals surface area (Å²) in [6.45, 7) is 0.195. The van der Waals surface area contributed by atoms with E-state index in [1.54, 1.807) is 17.0 Å². The van der Waals surface area contributed by atoms with E-state index in [2.05, 4.69) is 17.1 Å². The molecule has 2 atom stereocenters. The number of ether oxygens (including phenoxy) is 2. The lowest BCUT2D eigenvalue weighted by Gasteiger charge is -2.35. The first-order chi connectivity index (χ1) is 16.9. The van der Waals surface area contributed by atoms with Gasteiger partial charge in [0.05, 0.1) is 5.38 Å². The summed E-state index contributed by atoms with van der Waals surface area (Å²) >= 11 is 6.39. The van der Waals surface area contributed by atoms with E-state index in [-0.39, 0.29) is 17.7 Å². The summed E-state index contributed by atoms with van der Waals surface area (Å²) in [5.41, 5.74) is 7.99. The van der Waals surface area contributed by atoms with Crippen molar-refractivity contribution in [1.82, 2.24) is 9.88 Å². The van der Waals surface area contributed by atoms with E-state index in [1.807, 2.05) is 12.1 Å². The molecule has 9 heteroatoms. The Balaban J connectivity index is 1.52. The highest BCUT2D eigenvalue weighted by molar-refractivity contribution is 6.24. The van der Waals surface area contributed by atoms with E-state index in [9.17, 15) is 14.0 Å². The zero-order chi connectivity index (χ0) is 24.5. The van der Waals surface area contributed by atoms with Crippen LogP contribution in [0.5, 0.6) is 11.5 Å². The molecule has 35 heavy (non-hydrogen) atoms. The maximum atomic E-state index is 13.3. The predicted molar refractivity (Wildman–Crippen MR) is 129 cm³/mol. The Morgan fingerprint density at radius 2 is 1.83 bits per heavy atom. The fraction of sp³-hybridized carbons (Fsp3) is 0.231. The van der Waals surface area contributed by atoms with Gasteiger partial charge >= 0.3 is 6.09 Å². The van der Waals surface area contributed by atoms with Crippen molar-refractivity contribution in [2.75, 3.05) is 13.2 Å². The van der Waals surface area contributed by atoms with Gasteiger partial charge in [0.2, 0.25) is 0 Å². The molecule has 0 spiro atoms. The lowest BCUT2D eigenvalue weighted by molar-refractivity contribution is -0.119. The summed E-state index contributed by atoms with van der Waals surface area (Å²) in [6.07, 6.45) is 4.93. The molecular weight excluding hydrogens is 473 g/mol. The quantitative estimate of drug-likeness (QED) is 0.532. The van der Waals surface area contributed by atoms with E-state index in [4.69, 9.17) is 26.8 Å². The molecule has 0 bridgehead atoms. The second-order valence-corrected chi connectivity index (χ2v) is 9.02. The van der Waals surface area contributed by atoms with Crippen molar-refractivity contribution in [3.8, 4) is 11.5 Å². The van der Waals surface area contributed by atoms with Gasteiger partial charge in [-0.3, -0.25) is 9.69 Å². The first kappa shape index (κ1) is 23.0. The lowest BCUT2D eigenvalue weighted by atomic mass is 9.92. The van der Waals surface area contributed by atoms with Crippen molar-refractivity contribution >= 4 is 35.8 Å². The first-order valence-electron chi connectivity index (χ1n) is 11.2. The lowest BCUT2D eigenvalue weighted by Crippen LogP contribution is -2.43. The van der Waals surface area contributed by atoms with Gasteiger partial charge in [0.1, 0.15) is 23.4 Å². The zero-order valence-electron chi connectivity index (χ0n) is 18.7. The number of alkyl halides is 1. The van der Waals surface area contributed by atoms with Gasteiger partial charge in [0.15, 0.2) is 6.61 Å². The van der Waals surface area contributed by atoms with E-state index in [0.717, 1.165) is 33.8 Å². The van der Waals surface area contributed by atoms with Gasteiger partial charge in [-0.05, 0) is 60.4 Å². The molecule has 1 aliphatic carbocycles. The molecule has 3 aromatic rings. The van der Waals surface area contributed by atoms with Gasteiger partial charge in [-0.1, -0.05) is 24.3 Å². The van der Waals surface area contributed by atoms with Crippen molar-refractivity contribution in [2.24, 2.45) is 5.73 Å². The molecule has 2 amide bonds. The summed E-state index contributed by atoms with van der Waals surface area (Å²) in [5, 5.41) is 1.99. The molecule has 2 unspecified atom stereocenters. The molecule has 5 rings (SSSR count). The third kappa shape index (κ3) is 4.74. The molecule has 3 N–H and O–H groups in total. The highest BCUT2D eigenvalue weighted by Gasteiger charge is 2.35. The minimum Gasteiger partial charge on any atom is -0.484 e. The van der Waals surface area contributed by atoms with Crippen LogP contribution in [0, 0.1) is 5.82 Å². The molecule has 0 saturated carbocycles. The van der Waals surface area contributed by atoms with Crippen LogP contribution in [0.25, 0.3) is 12.2 Å². The highest BCUT2D eigenvalue weighted by atomic mass is 35.5. The highest BCUT2D eigenvalue weighted by Crippen LogP contribution is 2.34. The van der Waals surface area contributed by atoms with Crippen molar-refractivity contribution in [2.45, 2.75) is 24.3 Å². The molecule has 2 heterocycles. The average Bonchev–Trinajstić information content (AvgIpc) is 3.21. The Morgan fingerprint density at radius 3 is 2.54 bits per heavy atom. The van der Waals surface area contributed by atoms with Gasteiger partial charge in [-0.2, -0.15) is 0 Å². The molecule has 1 aromatic heterocycles. The SMILES string of the molecule is NC(=O)COc1ccc(C2c3[nH]c4c(c3CCN2C(=O)Oc2ccc(F)cc2)=CC(Cl)CC=4)cc1. The topological polar surface area (TPSA) is 97.7 Å². The van der Waals surface area contributed by atoms with Crippen molar-refractivity contribution < 1.29 is 23.5 Å². The average molecular weight is 496 g/mol. The van der Waals surface area contributed by atoms with Crippen LogP contribution in [0.2, 0.25) is 0 Å². The number of carbonyl (C=O) groups is 2. The predicted octanol–water partition coefficient (Wildman–Crippen LogP) is 2.74. The monoisotopic (exact) mass is 495 g/mol. The number of nitrogens with zero attached hydrogens (tertiary/aromatic N) is 1. The molecule has 180 valence electrons. The van der Waals surface area contributed by atoms with Crippen molar-refractivity contribution in [1.29, 1.82) is 0 Å². The Labute approximate surface area is 205 Å². The van der Waals surface area contributed by atoms with E-state index in [1.165, 1.54) is 24.3 Å². The van der Waals surface area contributed by atoms with Crippen LogP contribution in [0.1, 0.15) is 29.3 Å². The number of hydrogen-bond donors (Lipinski definition) is 2. The number of primary amides is 1. The number of fused-ring (bicyclic) bond motifs is 3. The molecule has 2 aliphatic rings. The number of aromatic nitrogens is 1. The Bertz CT molecular complexity index is 1390. The molecule has 0 fully saturated rings. The Hall–Kier alpha value is -3.78. The van der Waals surface area contributed by atoms with Gasteiger partial charge in [-0.15, -0.1) is 11.6 Å². The largest absolute Gasteiger partial charge is 0.484 e. The Kier molecular flexibility index (Phi) is 6.21. The minimum atomic E-state index is -0.567. The molecule has 7 nitrogen and oxygen atoms in total. The van der Waals surface area contributed by atoms with Crippen LogP contribution in [-0.4, -0.2) is 40.4 Å². The molecule has 0 saturated heterocycles. The molecule has 1 aliphatic heterocycles. The van der Waals surface area contributed by atoms with Crippen molar-refractivity contribution in [3.63, 3.8) is 0 Å². The van der Waals surface area contributed by atoms with Crippen LogP contribution >= 0.6 is 11.6 Å². The van der Waals surface area contributed by atoms with Crippen LogP contribution in [0.15, 0.2) is 48.5 Å². The number of aromatic amines is 1. The van der Waals surface area contributed by atoms with E-state index in [0.29, 0.717) is 18.7 Å². The number of nitrogens with two attached hydrogens (primary N) is 1. The molecular formula is C26H23ClFN3O4. The summed E-state index contributed by atoms with van der Waals surface area (Å²) in [5.74, 6) is -0.233. The van der Waals surface area contributed by atoms with Crippen LogP contribution in [0.3, 0.4) is 0 Å². The smallest absolute Gasteiger partial charge is 0.416 e.